The second-order valence-electron chi connectivity index (χ2n) is 8.62. The monoisotopic (exact) mass is 558 g/mol. The molecule has 0 spiro atoms. The van der Waals surface area contributed by atoms with Gasteiger partial charge in [-0.05, 0) is 78.4 Å². The van der Waals surface area contributed by atoms with Gasteiger partial charge in [0.2, 0.25) is 0 Å². The maximum absolute atomic E-state index is 6.17. The molecule has 0 saturated heterocycles. The van der Waals surface area contributed by atoms with E-state index in [0.717, 1.165) is 46.5 Å². The average molecular weight is 560 g/mol. The second kappa shape index (κ2) is 11.1. The molecule has 4 aromatic rings. The van der Waals surface area contributed by atoms with Crippen LogP contribution in [0, 0.1) is 0 Å². The smallest absolute Gasteiger partial charge is 0.134 e. The molecule has 4 heteroatoms. The first-order valence-electron chi connectivity index (χ1n) is 12.0. The Bertz CT molecular complexity index is 1090. The molecule has 0 fully saturated rings. The fraction of sp³-hybridized carbons (Fsp3) is 0.429. The van der Waals surface area contributed by atoms with Crippen molar-refractivity contribution < 1.29 is 9.47 Å². The average Bonchev–Trinajstić information content (AvgIpc) is 2.80. The van der Waals surface area contributed by atoms with E-state index in [4.69, 9.17) is 9.47 Å². The number of benzene rings is 4. The molecule has 170 valence electrons. The van der Waals surface area contributed by atoms with E-state index < -0.39 is 0 Å². The van der Waals surface area contributed by atoms with E-state index >= 15 is 0 Å². The molecule has 0 saturated carbocycles. The largest absolute Gasteiger partial charge is 0.492 e. The zero-order valence-electron chi connectivity index (χ0n) is 19.1. The fourth-order valence-electron chi connectivity index (χ4n) is 4.46. The maximum Gasteiger partial charge on any atom is 0.134 e. The van der Waals surface area contributed by atoms with Gasteiger partial charge in [-0.2, -0.15) is 0 Å². The van der Waals surface area contributed by atoms with E-state index in [9.17, 15) is 0 Å². The maximum atomic E-state index is 6.17. The van der Waals surface area contributed by atoms with E-state index in [1.54, 1.807) is 0 Å². The van der Waals surface area contributed by atoms with Crippen LogP contribution in [0.2, 0.25) is 0 Å². The zero-order chi connectivity index (χ0) is 22.5. The van der Waals surface area contributed by atoms with Gasteiger partial charge in [0.15, 0.2) is 0 Å². The van der Waals surface area contributed by atoms with Gasteiger partial charge in [0.25, 0.3) is 0 Å². The van der Waals surface area contributed by atoms with Crippen LogP contribution in [-0.2, 0) is 0 Å². The topological polar surface area (TPSA) is 18.5 Å². The lowest BCUT2D eigenvalue weighted by Gasteiger charge is -2.18. The molecule has 32 heavy (non-hydrogen) atoms. The van der Waals surface area contributed by atoms with Crippen molar-refractivity contribution in [1.29, 1.82) is 0 Å². The Kier molecular flexibility index (Phi) is 8.17. The van der Waals surface area contributed by atoms with Crippen LogP contribution in [0.4, 0.5) is 0 Å². The van der Waals surface area contributed by atoms with E-state index in [-0.39, 0.29) is 0 Å². The third kappa shape index (κ3) is 4.87. The fourth-order valence-corrected chi connectivity index (χ4v) is 5.58. The van der Waals surface area contributed by atoms with Gasteiger partial charge in [-0.1, -0.05) is 76.6 Å². The van der Waals surface area contributed by atoms with Crippen LogP contribution in [0.25, 0.3) is 32.3 Å². The van der Waals surface area contributed by atoms with Gasteiger partial charge in [0, 0.05) is 10.8 Å². The van der Waals surface area contributed by atoms with E-state index in [1.807, 2.05) is 0 Å². The van der Waals surface area contributed by atoms with Crippen LogP contribution < -0.4 is 9.47 Å². The summed E-state index contributed by atoms with van der Waals surface area (Å²) in [4.78, 5) is 0. The molecule has 0 amide bonds. The highest BCUT2D eigenvalue weighted by Crippen LogP contribution is 2.46. The number of rotatable bonds is 12. The van der Waals surface area contributed by atoms with Crippen LogP contribution in [0.5, 0.6) is 11.5 Å². The third-order valence-corrected chi connectivity index (χ3v) is 7.85. The van der Waals surface area contributed by atoms with Crippen molar-refractivity contribution in [2.75, 3.05) is 13.2 Å². The Labute approximate surface area is 208 Å². The highest BCUT2D eigenvalue weighted by Gasteiger charge is 2.17. The van der Waals surface area contributed by atoms with Crippen molar-refractivity contribution in [3.8, 4) is 11.5 Å². The molecule has 0 aliphatic carbocycles. The molecule has 0 heterocycles. The van der Waals surface area contributed by atoms with Crippen molar-refractivity contribution in [3.05, 3.63) is 45.3 Å². The van der Waals surface area contributed by atoms with Gasteiger partial charge in [0.1, 0.15) is 11.5 Å². The van der Waals surface area contributed by atoms with Crippen molar-refractivity contribution in [2.24, 2.45) is 0 Å². The van der Waals surface area contributed by atoms with E-state index in [0.29, 0.717) is 0 Å². The first-order chi connectivity index (χ1) is 15.7. The minimum Gasteiger partial charge on any atom is -0.492 e. The minimum atomic E-state index is 0.761. The molecule has 0 N–H and O–H groups in total. The van der Waals surface area contributed by atoms with Gasteiger partial charge in [0.05, 0.1) is 22.2 Å². The number of unbranched alkanes of at least 4 members (excludes halogenated alkanes) is 6. The standard InChI is InChI=1S/C28H32Br2O2/c1-3-5-7-9-15-31-23-17-19-11-14-22-26-20(12-13-21(25(19)26)27(23)29)18-24(28(22)30)32-16-10-8-6-4-2/h11-14,17-18H,3-10,15-16H2,1-2H3. The van der Waals surface area contributed by atoms with Crippen molar-refractivity contribution >= 4 is 64.2 Å². The predicted molar refractivity (Wildman–Crippen MR) is 145 cm³/mol. The van der Waals surface area contributed by atoms with E-state index in [2.05, 4.69) is 82.1 Å². The van der Waals surface area contributed by atoms with Crippen molar-refractivity contribution in [2.45, 2.75) is 65.2 Å². The summed E-state index contributed by atoms with van der Waals surface area (Å²) in [6, 6.07) is 13.2. The summed E-state index contributed by atoms with van der Waals surface area (Å²) in [7, 11) is 0. The molecule has 4 rings (SSSR count). The highest BCUT2D eigenvalue weighted by atomic mass is 79.9. The van der Waals surface area contributed by atoms with Gasteiger partial charge in [-0.3, -0.25) is 0 Å². The first kappa shape index (κ1) is 23.6. The summed E-state index contributed by atoms with van der Waals surface area (Å²) in [5, 5.41) is 7.38. The van der Waals surface area contributed by atoms with Crippen LogP contribution >= 0.6 is 31.9 Å². The SMILES string of the molecule is CCCCCCOc1cc2ccc3c(Br)c(OCCCCCC)cc4ccc(c1Br)c2c43. The number of hydrogen-bond acceptors (Lipinski definition) is 2. The Balaban J connectivity index is 1.67. The number of hydrogen-bond donors (Lipinski definition) is 0. The van der Waals surface area contributed by atoms with Crippen LogP contribution in [0.1, 0.15) is 65.2 Å². The summed E-state index contributed by atoms with van der Waals surface area (Å²) < 4.78 is 14.4. The Morgan fingerprint density at radius 3 is 1.44 bits per heavy atom. The van der Waals surface area contributed by atoms with Gasteiger partial charge in [-0.15, -0.1) is 0 Å². The third-order valence-electron chi connectivity index (χ3n) is 6.21. The van der Waals surface area contributed by atoms with E-state index in [1.165, 1.54) is 70.8 Å². The van der Waals surface area contributed by atoms with Crippen LogP contribution in [-0.4, -0.2) is 13.2 Å². The Hall–Kier alpha value is -1.52. The first-order valence-corrected chi connectivity index (χ1v) is 13.6. The van der Waals surface area contributed by atoms with Crippen molar-refractivity contribution in [1.82, 2.24) is 0 Å². The summed E-state index contributed by atoms with van der Waals surface area (Å²) in [5.41, 5.74) is 0. The molecule has 0 atom stereocenters. The molecular weight excluding hydrogens is 528 g/mol. The van der Waals surface area contributed by atoms with Crippen LogP contribution in [0.15, 0.2) is 45.3 Å². The number of halogens is 2. The Morgan fingerprint density at radius 2 is 1.03 bits per heavy atom. The molecule has 2 nitrogen and oxygen atoms in total. The lowest BCUT2D eigenvalue weighted by Crippen LogP contribution is -2.00. The lowest BCUT2D eigenvalue weighted by atomic mass is 9.94. The zero-order valence-corrected chi connectivity index (χ0v) is 22.3. The summed E-state index contributed by atoms with van der Waals surface area (Å²) in [6.07, 6.45) is 9.66. The lowest BCUT2D eigenvalue weighted by molar-refractivity contribution is 0.304. The molecule has 0 unspecified atom stereocenters. The predicted octanol–water partition coefficient (Wildman–Crippen LogP) is 10.0. The molecule has 0 aliphatic rings. The second-order valence-corrected chi connectivity index (χ2v) is 10.2. The summed E-state index contributed by atoms with van der Waals surface area (Å²) >= 11 is 7.67. The van der Waals surface area contributed by atoms with Gasteiger partial charge >= 0.3 is 0 Å². The summed E-state index contributed by atoms with van der Waals surface area (Å²) in [5.74, 6) is 1.87. The van der Waals surface area contributed by atoms with Crippen LogP contribution in [0.3, 0.4) is 0 Å². The van der Waals surface area contributed by atoms with Gasteiger partial charge < -0.3 is 9.47 Å². The molecule has 0 aromatic heterocycles. The Morgan fingerprint density at radius 1 is 0.594 bits per heavy atom. The van der Waals surface area contributed by atoms with Crippen molar-refractivity contribution in [3.63, 3.8) is 0 Å². The molecular formula is C28H32Br2O2. The van der Waals surface area contributed by atoms with Gasteiger partial charge in [-0.25, -0.2) is 0 Å². The molecule has 0 radical (unpaired) electrons. The minimum absolute atomic E-state index is 0.761. The molecule has 0 aliphatic heterocycles. The highest BCUT2D eigenvalue weighted by molar-refractivity contribution is 9.11. The molecule has 0 bridgehead atoms. The quantitative estimate of drug-likeness (QED) is 0.127. The molecule has 4 aromatic carbocycles. The number of ether oxygens (including phenoxy) is 2. The summed E-state index contributed by atoms with van der Waals surface area (Å²) in [6.45, 7) is 5.99. The normalized spacial score (nSPS) is 11.8.